The molecule has 2 aliphatic rings. The van der Waals surface area contributed by atoms with Gasteiger partial charge in [0.2, 0.25) is 0 Å². The Bertz CT molecular complexity index is 167. The van der Waals surface area contributed by atoms with Gasteiger partial charge in [0.25, 0.3) is 0 Å². The maximum absolute atomic E-state index is 5.79. The summed E-state index contributed by atoms with van der Waals surface area (Å²) in [7, 11) is 0. The number of hydrogen-bond acceptors (Lipinski definition) is 2. The first-order valence-corrected chi connectivity index (χ1v) is 5.11. The molecule has 1 N–H and O–H groups in total. The third kappa shape index (κ3) is 1.27. The summed E-state index contributed by atoms with van der Waals surface area (Å²) in [6.07, 6.45) is 6.11. The predicted octanol–water partition coefficient (Wildman–Crippen LogP) is 2.05. The highest BCUT2D eigenvalue weighted by molar-refractivity contribution is 4.98. The average molecular weight is 169 g/mol. The Hall–Kier alpha value is -0.0800. The summed E-state index contributed by atoms with van der Waals surface area (Å²) in [4.78, 5) is 0. The Morgan fingerprint density at radius 1 is 1.33 bits per heavy atom. The molecule has 0 aromatic rings. The van der Waals surface area contributed by atoms with Crippen molar-refractivity contribution in [2.75, 3.05) is 6.61 Å². The molecule has 0 bridgehead atoms. The van der Waals surface area contributed by atoms with E-state index in [1.54, 1.807) is 0 Å². The lowest BCUT2D eigenvalue weighted by Crippen LogP contribution is -2.65. The Kier molecular flexibility index (Phi) is 1.92. The smallest absolute Gasteiger partial charge is 0.119 e. The highest BCUT2D eigenvalue weighted by atomic mass is 16.5. The van der Waals surface area contributed by atoms with Gasteiger partial charge < -0.3 is 4.74 Å². The summed E-state index contributed by atoms with van der Waals surface area (Å²) >= 11 is 0. The van der Waals surface area contributed by atoms with Gasteiger partial charge in [-0.15, -0.1) is 0 Å². The molecule has 12 heavy (non-hydrogen) atoms. The van der Waals surface area contributed by atoms with E-state index >= 15 is 0 Å². The van der Waals surface area contributed by atoms with Crippen LogP contribution in [0, 0.1) is 0 Å². The molecule has 1 atom stereocenters. The van der Waals surface area contributed by atoms with Gasteiger partial charge in [0.1, 0.15) is 5.72 Å². The van der Waals surface area contributed by atoms with Crippen LogP contribution in [0.4, 0.5) is 0 Å². The second-order valence-corrected chi connectivity index (χ2v) is 4.49. The van der Waals surface area contributed by atoms with Gasteiger partial charge >= 0.3 is 0 Å². The fourth-order valence-electron chi connectivity index (χ4n) is 2.15. The van der Waals surface area contributed by atoms with Crippen molar-refractivity contribution < 1.29 is 4.74 Å². The maximum Gasteiger partial charge on any atom is 0.119 e. The molecule has 2 rings (SSSR count). The van der Waals surface area contributed by atoms with Crippen LogP contribution in [0.1, 0.15) is 46.0 Å². The summed E-state index contributed by atoms with van der Waals surface area (Å²) in [5.41, 5.74) is 0.418. The Balaban J connectivity index is 2.03. The average Bonchev–Trinajstić information content (AvgIpc) is 2.02. The van der Waals surface area contributed by atoms with E-state index in [0.717, 1.165) is 13.0 Å². The first-order chi connectivity index (χ1) is 5.68. The topological polar surface area (TPSA) is 21.3 Å². The van der Waals surface area contributed by atoms with Crippen LogP contribution >= 0.6 is 0 Å². The van der Waals surface area contributed by atoms with E-state index in [4.69, 9.17) is 4.74 Å². The highest BCUT2D eigenvalue weighted by Crippen LogP contribution is 2.39. The van der Waals surface area contributed by atoms with Crippen molar-refractivity contribution in [3.05, 3.63) is 0 Å². The van der Waals surface area contributed by atoms with Crippen molar-refractivity contribution in [2.24, 2.45) is 0 Å². The number of nitrogens with one attached hydrogen (secondary N) is 1. The summed E-state index contributed by atoms with van der Waals surface area (Å²) < 4.78 is 5.79. The quantitative estimate of drug-likeness (QED) is 0.648. The van der Waals surface area contributed by atoms with Crippen molar-refractivity contribution in [3.8, 4) is 0 Å². The minimum Gasteiger partial charge on any atom is -0.361 e. The minimum absolute atomic E-state index is 0.0863. The van der Waals surface area contributed by atoms with Gasteiger partial charge in [-0.3, -0.25) is 5.32 Å². The molecule has 0 aromatic carbocycles. The van der Waals surface area contributed by atoms with Crippen molar-refractivity contribution in [3.63, 3.8) is 0 Å². The van der Waals surface area contributed by atoms with E-state index in [0.29, 0.717) is 5.54 Å². The summed E-state index contributed by atoms with van der Waals surface area (Å²) in [5, 5.41) is 3.67. The monoisotopic (exact) mass is 169 g/mol. The second kappa shape index (κ2) is 2.71. The molecule has 1 saturated heterocycles. The molecule has 1 heterocycles. The number of hydrogen-bond donors (Lipinski definition) is 1. The van der Waals surface area contributed by atoms with Crippen LogP contribution in [0.2, 0.25) is 0 Å². The van der Waals surface area contributed by atoms with Crippen LogP contribution in [0.25, 0.3) is 0 Å². The molecular weight excluding hydrogens is 150 g/mol. The lowest BCUT2D eigenvalue weighted by molar-refractivity contribution is -0.173. The maximum atomic E-state index is 5.79. The Morgan fingerprint density at radius 2 is 2.08 bits per heavy atom. The Labute approximate surface area is 74.7 Å². The van der Waals surface area contributed by atoms with Crippen LogP contribution in [-0.4, -0.2) is 17.9 Å². The second-order valence-electron chi connectivity index (χ2n) is 4.49. The van der Waals surface area contributed by atoms with Crippen LogP contribution in [0.5, 0.6) is 0 Å². The molecule has 1 aliphatic heterocycles. The lowest BCUT2D eigenvalue weighted by Gasteiger charge is -2.52. The summed E-state index contributed by atoms with van der Waals surface area (Å²) in [6, 6.07) is 0. The van der Waals surface area contributed by atoms with Gasteiger partial charge in [-0.25, -0.2) is 0 Å². The normalized spacial score (nSPS) is 39.5. The standard InChI is InChI=1S/C10H19NO/c1-3-9(2)7-8-12-10(11-9)5-4-6-10/h11H,3-8H2,1-2H3. The largest absolute Gasteiger partial charge is 0.361 e. The molecule has 0 aromatic heterocycles. The van der Waals surface area contributed by atoms with Crippen molar-refractivity contribution in [1.82, 2.24) is 5.32 Å². The third-order valence-corrected chi connectivity index (χ3v) is 3.50. The molecular formula is C10H19NO. The SMILES string of the molecule is CCC1(C)CCOC2(CCC2)N1. The molecule has 1 spiro atoms. The van der Waals surface area contributed by atoms with Gasteiger partial charge in [-0.05, 0) is 39.0 Å². The zero-order chi connectivity index (χ0) is 8.66. The van der Waals surface area contributed by atoms with Gasteiger partial charge in [-0.2, -0.15) is 0 Å². The predicted molar refractivity (Wildman–Crippen MR) is 49.0 cm³/mol. The van der Waals surface area contributed by atoms with Gasteiger partial charge in [-0.1, -0.05) is 6.92 Å². The van der Waals surface area contributed by atoms with Crippen molar-refractivity contribution in [1.29, 1.82) is 0 Å². The fraction of sp³-hybridized carbons (Fsp3) is 1.00. The Morgan fingerprint density at radius 3 is 2.58 bits per heavy atom. The third-order valence-electron chi connectivity index (χ3n) is 3.50. The molecule has 70 valence electrons. The fourth-order valence-corrected chi connectivity index (χ4v) is 2.15. The van der Waals surface area contributed by atoms with Crippen LogP contribution in [0.3, 0.4) is 0 Å². The molecule has 2 fully saturated rings. The van der Waals surface area contributed by atoms with Gasteiger partial charge in [0, 0.05) is 5.54 Å². The van der Waals surface area contributed by atoms with E-state index < -0.39 is 0 Å². The molecule has 1 aliphatic carbocycles. The molecule has 2 nitrogen and oxygen atoms in total. The minimum atomic E-state index is 0.0863. The molecule has 1 saturated carbocycles. The van der Waals surface area contributed by atoms with Gasteiger partial charge in [0.05, 0.1) is 6.61 Å². The van der Waals surface area contributed by atoms with Crippen molar-refractivity contribution >= 4 is 0 Å². The first kappa shape index (κ1) is 8.52. The van der Waals surface area contributed by atoms with Crippen molar-refractivity contribution in [2.45, 2.75) is 57.2 Å². The first-order valence-electron chi connectivity index (χ1n) is 5.11. The van der Waals surface area contributed by atoms with E-state index in [-0.39, 0.29) is 5.72 Å². The van der Waals surface area contributed by atoms with E-state index in [1.807, 2.05) is 0 Å². The molecule has 1 unspecified atom stereocenters. The zero-order valence-corrected chi connectivity index (χ0v) is 8.15. The van der Waals surface area contributed by atoms with Crippen LogP contribution < -0.4 is 5.32 Å². The van der Waals surface area contributed by atoms with E-state index in [1.165, 1.54) is 25.7 Å². The van der Waals surface area contributed by atoms with Crippen LogP contribution in [-0.2, 0) is 4.74 Å². The molecule has 0 radical (unpaired) electrons. The van der Waals surface area contributed by atoms with Crippen LogP contribution in [0.15, 0.2) is 0 Å². The molecule has 0 amide bonds. The molecule has 2 heteroatoms. The number of ether oxygens (including phenoxy) is 1. The highest BCUT2D eigenvalue weighted by Gasteiger charge is 2.45. The lowest BCUT2D eigenvalue weighted by atomic mass is 9.81. The van der Waals surface area contributed by atoms with Gasteiger partial charge in [0.15, 0.2) is 0 Å². The summed E-state index contributed by atoms with van der Waals surface area (Å²) in [5.74, 6) is 0. The van der Waals surface area contributed by atoms with E-state index in [9.17, 15) is 0 Å². The number of rotatable bonds is 1. The zero-order valence-electron chi connectivity index (χ0n) is 8.15. The van der Waals surface area contributed by atoms with E-state index in [2.05, 4.69) is 19.2 Å². The summed E-state index contributed by atoms with van der Waals surface area (Å²) in [6.45, 7) is 5.51.